The van der Waals surface area contributed by atoms with Crippen LogP contribution < -0.4 is 5.32 Å². The van der Waals surface area contributed by atoms with Gasteiger partial charge in [-0.05, 0) is 35.8 Å². The Morgan fingerprint density at radius 2 is 1.88 bits per heavy atom. The van der Waals surface area contributed by atoms with Crippen LogP contribution in [0.3, 0.4) is 0 Å². The number of aromatic nitrogens is 1. The van der Waals surface area contributed by atoms with Gasteiger partial charge in [0, 0.05) is 17.0 Å². The number of hydrogen-bond donors (Lipinski definition) is 1. The lowest BCUT2D eigenvalue weighted by Crippen LogP contribution is -2.07. The number of rotatable bonds is 6. The zero-order chi connectivity index (χ0) is 18.4. The Hall–Kier alpha value is -2.79. The molecule has 1 aromatic heterocycles. The van der Waals surface area contributed by atoms with Crippen LogP contribution >= 0.6 is 11.3 Å². The Morgan fingerprint density at radius 1 is 1.15 bits per heavy atom. The standard InChI is InChI=1S/C21H19FN2OS/c1-2-3-15-4-9-17(10-5-15)19-14-26-21(23-19)24-20(25)13-8-16-6-11-18(22)12-7-16/h4-14H,2-3H2,1H3,(H,23,24,25). The summed E-state index contributed by atoms with van der Waals surface area (Å²) in [5.41, 5.74) is 3.94. The third kappa shape index (κ3) is 4.86. The molecule has 0 unspecified atom stereocenters. The Morgan fingerprint density at radius 3 is 2.58 bits per heavy atom. The highest BCUT2D eigenvalue weighted by atomic mass is 32.1. The number of thiazole rings is 1. The monoisotopic (exact) mass is 366 g/mol. The van der Waals surface area contributed by atoms with Crippen molar-refractivity contribution < 1.29 is 9.18 Å². The maximum atomic E-state index is 12.9. The SMILES string of the molecule is CCCc1ccc(-c2csc(NC(=O)C=Cc3ccc(F)cc3)n2)cc1. The van der Waals surface area contributed by atoms with Gasteiger partial charge in [0.05, 0.1) is 5.69 Å². The summed E-state index contributed by atoms with van der Waals surface area (Å²) in [6.45, 7) is 2.16. The number of benzene rings is 2. The van der Waals surface area contributed by atoms with Crippen LogP contribution in [-0.4, -0.2) is 10.9 Å². The second-order valence-corrected chi connectivity index (χ2v) is 6.72. The highest BCUT2D eigenvalue weighted by Gasteiger charge is 2.06. The zero-order valence-electron chi connectivity index (χ0n) is 14.4. The van der Waals surface area contributed by atoms with Crippen LogP contribution in [0, 0.1) is 5.82 Å². The lowest BCUT2D eigenvalue weighted by molar-refractivity contribution is -0.111. The fraction of sp³-hybridized carbons (Fsp3) is 0.143. The molecule has 0 bridgehead atoms. The molecule has 26 heavy (non-hydrogen) atoms. The minimum absolute atomic E-state index is 0.270. The predicted molar refractivity (Wildman–Crippen MR) is 106 cm³/mol. The predicted octanol–water partition coefficient (Wildman–Crippen LogP) is 5.55. The van der Waals surface area contributed by atoms with Crippen molar-refractivity contribution in [2.75, 3.05) is 5.32 Å². The highest BCUT2D eigenvalue weighted by molar-refractivity contribution is 7.14. The summed E-state index contributed by atoms with van der Waals surface area (Å²) in [7, 11) is 0. The molecule has 0 spiro atoms. The molecule has 0 radical (unpaired) electrons. The molecule has 1 heterocycles. The Bertz CT molecular complexity index is 899. The van der Waals surface area contributed by atoms with E-state index in [9.17, 15) is 9.18 Å². The van der Waals surface area contributed by atoms with Crippen molar-refractivity contribution >= 4 is 28.5 Å². The molecule has 0 atom stereocenters. The quantitative estimate of drug-likeness (QED) is 0.581. The molecular weight excluding hydrogens is 347 g/mol. The van der Waals surface area contributed by atoms with Gasteiger partial charge in [0.25, 0.3) is 0 Å². The van der Waals surface area contributed by atoms with Gasteiger partial charge in [-0.2, -0.15) is 0 Å². The maximum Gasteiger partial charge on any atom is 0.250 e. The minimum atomic E-state index is -0.301. The molecular formula is C21H19FN2OS. The number of nitrogens with zero attached hydrogens (tertiary/aromatic N) is 1. The molecule has 3 aromatic rings. The van der Waals surface area contributed by atoms with E-state index in [-0.39, 0.29) is 11.7 Å². The van der Waals surface area contributed by atoms with E-state index in [1.807, 2.05) is 5.38 Å². The highest BCUT2D eigenvalue weighted by Crippen LogP contribution is 2.25. The summed E-state index contributed by atoms with van der Waals surface area (Å²) in [5, 5.41) is 5.23. The number of halogens is 1. The van der Waals surface area contributed by atoms with Gasteiger partial charge in [-0.15, -0.1) is 11.3 Å². The first kappa shape index (κ1) is 18.0. The van der Waals surface area contributed by atoms with E-state index < -0.39 is 0 Å². The van der Waals surface area contributed by atoms with Gasteiger partial charge in [0.2, 0.25) is 5.91 Å². The largest absolute Gasteiger partial charge is 0.298 e. The Kier molecular flexibility index (Phi) is 5.92. The van der Waals surface area contributed by atoms with Crippen LogP contribution in [0.4, 0.5) is 9.52 Å². The molecule has 0 aliphatic carbocycles. The topological polar surface area (TPSA) is 42.0 Å². The molecule has 2 aromatic carbocycles. The summed E-state index contributed by atoms with van der Waals surface area (Å²) >= 11 is 1.38. The summed E-state index contributed by atoms with van der Waals surface area (Å²) in [6.07, 6.45) is 5.24. The first-order valence-electron chi connectivity index (χ1n) is 8.43. The van der Waals surface area contributed by atoms with Gasteiger partial charge in [0.15, 0.2) is 5.13 Å². The number of carbonyl (C=O) groups excluding carboxylic acids is 1. The lowest BCUT2D eigenvalue weighted by Gasteiger charge is -2.01. The van der Waals surface area contributed by atoms with E-state index in [1.54, 1.807) is 18.2 Å². The molecule has 3 nitrogen and oxygen atoms in total. The average Bonchev–Trinajstić information content (AvgIpc) is 3.10. The summed E-state index contributed by atoms with van der Waals surface area (Å²) in [4.78, 5) is 16.5. The van der Waals surface area contributed by atoms with Crippen molar-refractivity contribution in [1.82, 2.24) is 4.98 Å². The van der Waals surface area contributed by atoms with Gasteiger partial charge >= 0.3 is 0 Å². The van der Waals surface area contributed by atoms with Crippen molar-refractivity contribution in [3.05, 3.63) is 76.9 Å². The first-order chi connectivity index (χ1) is 12.6. The van der Waals surface area contributed by atoms with Gasteiger partial charge < -0.3 is 0 Å². The maximum absolute atomic E-state index is 12.9. The van der Waals surface area contributed by atoms with Gasteiger partial charge in [-0.1, -0.05) is 49.7 Å². The molecule has 0 fully saturated rings. The number of amides is 1. The smallest absolute Gasteiger partial charge is 0.250 e. The van der Waals surface area contributed by atoms with E-state index in [2.05, 4.69) is 41.5 Å². The van der Waals surface area contributed by atoms with Crippen molar-refractivity contribution in [3.63, 3.8) is 0 Å². The van der Waals surface area contributed by atoms with Crippen molar-refractivity contribution in [1.29, 1.82) is 0 Å². The van der Waals surface area contributed by atoms with E-state index in [4.69, 9.17) is 0 Å². The van der Waals surface area contributed by atoms with Crippen LogP contribution in [0.1, 0.15) is 24.5 Å². The molecule has 132 valence electrons. The zero-order valence-corrected chi connectivity index (χ0v) is 15.2. The van der Waals surface area contributed by atoms with E-state index in [1.165, 1.54) is 35.1 Å². The van der Waals surface area contributed by atoms with Crippen molar-refractivity contribution in [3.8, 4) is 11.3 Å². The van der Waals surface area contributed by atoms with Crippen LogP contribution in [0.2, 0.25) is 0 Å². The molecule has 0 aliphatic rings. The van der Waals surface area contributed by atoms with Crippen molar-refractivity contribution in [2.45, 2.75) is 19.8 Å². The number of hydrogen-bond acceptors (Lipinski definition) is 3. The summed E-state index contributed by atoms with van der Waals surface area (Å²) < 4.78 is 12.9. The molecule has 0 saturated carbocycles. The average molecular weight is 366 g/mol. The van der Waals surface area contributed by atoms with E-state index in [0.29, 0.717) is 5.13 Å². The fourth-order valence-electron chi connectivity index (χ4n) is 2.49. The van der Waals surface area contributed by atoms with E-state index >= 15 is 0 Å². The third-order valence-electron chi connectivity index (χ3n) is 3.82. The molecule has 0 saturated heterocycles. The van der Waals surface area contributed by atoms with Crippen molar-refractivity contribution in [2.24, 2.45) is 0 Å². The van der Waals surface area contributed by atoms with E-state index in [0.717, 1.165) is 29.7 Å². The molecule has 3 rings (SSSR count). The molecule has 1 N–H and O–H groups in total. The second kappa shape index (κ2) is 8.54. The van der Waals surface area contributed by atoms with Crippen LogP contribution in [0.15, 0.2) is 60.0 Å². The minimum Gasteiger partial charge on any atom is -0.298 e. The van der Waals surface area contributed by atoms with Gasteiger partial charge in [0.1, 0.15) is 5.82 Å². The first-order valence-corrected chi connectivity index (χ1v) is 9.31. The molecule has 0 aliphatic heterocycles. The number of carbonyl (C=O) groups is 1. The second-order valence-electron chi connectivity index (χ2n) is 5.86. The number of aryl methyl sites for hydroxylation is 1. The molecule has 1 amide bonds. The Balaban J connectivity index is 1.62. The van der Waals surface area contributed by atoms with Crippen LogP contribution in [0.25, 0.3) is 17.3 Å². The van der Waals surface area contributed by atoms with Gasteiger partial charge in [-0.3, -0.25) is 10.1 Å². The normalized spacial score (nSPS) is 11.0. The Labute approximate surface area is 156 Å². The van der Waals surface area contributed by atoms with Crippen LogP contribution in [-0.2, 0) is 11.2 Å². The van der Waals surface area contributed by atoms with Gasteiger partial charge in [-0.25, -0.2) is 9.37 Å². The summed E-state index contributed by atoms with van der Waals surface area (Å²) in [6, 6.07) is 14.3. The fourth-order valence-corrected chi connectivity index (χ4v) is 3.21. The van der Waals surface area contributed by atoms with Crippen LogP contribution in [0.5, 0.6) is 0 Å². The summed E-state index contributed by atoms with van der Waals surface area (Å²) in [5.74, 6) is -0.571. The molecule has 5 heteroatoms. The lowest BCUT2D eigenvalue weighted by atomic mass is 10.1. The number of anilines is 1. The third-order valence-corrected chi connectivity index (χ3v) is 4.58. The number of nitrogens with one attached hydrogen (secondary N) is 1.